The largest absolute Gasteiger partial charge is 0.497 e. The zero-order valence-corrected chi connectivity index (χ0v) is 15.5. The number of hydrogen-bond acceptors (Lipinski definition) is 8. The van der Waals surface area contributed by atoms with E-state index in [1.54, 1.807) is 18.2 Å². The smallest absolute Gasteiger partial charge is 0.409 e. The molecule has 1 fully saturated rings. The Balaban J connectivity index is 1.54. The molecule has 144 valence electrons. The second-order valence-corrected chi connectivity index (χ2v) is 6.12. The summed E-state index contributed by atoms with van der Waals surface area (Å²) in [4.78, 5) is 17.9. The number of amides is 1. The monoisotopic (exact) mass is 372 g/mol. The number of piperidine rings is 1. The van der Waals surface area contributed by atoms with Crippen molar-refractivity contribution in [2.75, 3.05) is 37.4 Å². The lowest BCUT2D eigenvalue weighted by Crippen LogP contribution is -2.42. The first kappa shape index (κ1) is 18.7. The number of methoxy groups -OCH3 is 1. The number of carbonyl (C=O) groups is 1. The van der Waals surface area contributed by atoms with Crippen LogP contribution in [0.3, 0.4) is 0 Å². The van der Waals surface area contributed by atoms with Gasteiger partial charge < -0.3 is 25.0 Å². The molecule has 0 aliphatic carbocycles. The molecule has 1 aromatic heterocycles. The molecule has 27 heavy (non-hydrogen) atoms. The van der Waals surface area contributed by atoms with Gasteiger partial charge in [0.1, 0.15) is 5.75 Å². The van der Waals surface area contributed by atoms with Crippen LogP contribution < -0.4 is 15.4 Å². The predicted molar refractivity (Wildman–Crippen MR) is 101 cm³/mol. The van der Waals surface area contributed by atoms with E-state index >= 15 is 0 Å². The van der Waals surface area contributed by atoms with E-state index in [2.05, 4.69) is 25.8 Å². The number of nitrogens with zero attached hydrogens (tertiary/aromatic N) is 4. The molecule has 2 N–H and O–H groups in total. The number of aromatic nitrogens is 3. The molecular weight excluding hydrogens is 348 g/mol. The fourth-order valence-corrected chi connectivity index (χ4v) is 2.86. The predicted octanol–water partition coefficient (Wildman–Crippen LogP) is 2.66. The van der Waals surface area contributed by atoms with E-state index in [1.165, 1.54) is 0 Å². The lowest BCUT2D eigenvalue weighted by molar-refractivity contribution is 0.0983. The molecule has 0 unspecified atom stereocenters. The first-order valence-corrected chi connectivity index (χ1v) is 8.97. The first-order chi connectivity index (χ1) is 13.2. The van der Waals surface area contributed by atoms with E-state index < -0.39 is 0 Å². The molecule has 9 heteroatoms. The molecule has 0 bridgehead atoms. The second-order valence-electron chi connectivity index (χ2n) is 6.12. The molecule has 0 spiro atoms. The SMILES string of the molecule is CCOC(=O)N1CCC(Nc2cnnc(Nc3ccc(OC)cc3)n2)CC1. The Kier molecular flexibility index (Phi) is 6.24. The van der Waals surface area contributed by atoms with Crippen molar-refractivity contribution in [3.05, 3.63) is 30.5 Å². The normalized spacial score (nSPS) is 14.5. The molecule has 1 aromatic carbocycles. The number of anilines is 3. The van der Waals surface area contributed by atoms with E-state index in [0.717, 1.165) is 24.3 Å². The minimum atomic E-state index is -0.245. The minimum absolute atomic E-state index is 0.223. The van der Waals surface area contributed by atoms with Gasteiger partial charge >= 0.3 is 6.09 Å². The van der Waals surface area contributed by atoms with Gasteiger partial charge in [-0.3, -0.25) is 0 Å². The van der Waals surface area contributed by atoms with E-state index in [9.17, 15) is 4.79 Å². The molecule has 0 saturated carbocycles. The molecule has 3 rings (SSSR count). The van der Waals surface area contributed by atoms with Gasteiger partial charge in [-0.25, -0.2) is 4.79 Å². The van der Waals surface area contributed by atoms with Crippen LogP contribution in [0.4, 0.5) is 22.2 Å². The Morgan fingerprint density at radius 2 is 2.00 bits per heavy atom. The average Bonchev–Trinajstić information content (AvgIpc) is 2.70. The standard InChI is InChI=1S/C18H24N6O3/c1-3-27-18(25)24-10-8-14(9-11-24)20-16-12-19-23-17(22-16)21-13-4-6-15(26-2)7-5-13/h4-7,12,14H,3,8-11H2,1-2H3,(H2,20,21,22,23). The zero-order valence-electron chi connectivity index (χ0n) is 15.5. The fourth-order valence-electron chi connectivity index (χ4n) is 2.86. The van der Waals surface area contributed by atoms with Crippen LogP contribution in [0.15, 0.2) is 30.5 Å². The van der Waals surface area contributed by atoms with Crippen molar-refractivity contribution in [1.82, 2.24) is 20.1 Å². The van der Waals surface area contributed by atoms with E-state index in [0.29, 0.717) is 31.5 Å². The van der Waals surface area contributed by atoms with E-state index in [1.807, 2.05) is 31.2 Å². The zero-order chi connectivity index (χ0) is 19.1. The molecule has 1 aliphatic heterocycles. The van der Waals surface area contributed by atoms with Gasteiger partial charge in [0.25, 0.3) is 0 Å². The Morgan fingerprint density at radius 3 is 2.67 bits per heavy atom. The number of ether oxygens (including phenoxy) is 2. The van der Waals surface area contributed by atoms with Crippen molar-refractivity contribution in [2.45, 2.75) is 25.8 Å². The summed E-state index contributed by atoms with van der Waals surface area (Å²) in [5.74, 6) is 1.84. The van der Waals surface area contributed by atoms with Crippen LogP contribution in [0.5, 0.6) is 5.75 Å². The Morgan fingerprint density at radius 1 is 1.26 bits per heavy atom. The van der Waals surface area contributed by atoms with Crippen LogP contribution in [0.2, 0.25) is 0 Å². The number of nitrogens with one attached hydrogen (secondary N) is 2. The van der Waals surface area contributed by atoms with Gasteiger partial charge in [0.2, 0.25) is 5.95 Å². The second kappa shape index (κ2) is 9.02. The highest BCUT2D eigenvalue weighted by Gasteiger charge is 2.23. The number of benzene rings is 1. The van der Waals surface area contributed by atoms with Gasteiger partial charge in [0.15, 0.2) is 5.82 Å². The van der Waals surface area contributed by atoms with E-state index in [4.69, 9.17) is 9.47 Å². The van der Waals surface area contributed by atoms with Crippen LogP contribution in [-0.2, 0) is 4.74 Å². The van der Waals surface area contributed by atoms with Gasteiger partial charge in [0.05, 0.1) is 19.9 Å². The molecule has 2 heterocycles. The third-order valence-corrected chi connectivity index (χ3v) is 4.28. The van der Waals surface area contributed by atoms with E-state index in [-0.39, 0.29) is 12.1 Å². The lowest BCUT2D eigenvalue weighted by atomic mass is 10.1. The summed E-state index contributed by atoms with van der Waals surface area (Å²) in [7, 11) is 1.63. The highest BCUT2D eigenvalue weighted by atomic mass is 16.6. The summed E-state index contributed by atoms with van der Waals surface area (Å²) in [6.45, 7) is 3.53. The summed E-state index contributed by atoms with van der Waals surface area (Å²) < 4.78 is 10.2. The topological polar surface area (TPSA) is 102 Å². The minimum Gasteiger partial charge on any atom is -0.497 e. The molecule has 0 atom stereocenters. The molecule has 1 amide bonds. The molecule has 1 aliphatic rings. The van der Waals surface area contributed by atoms with Crippen LogP contribution in [0, 0.1) is 0 Å². The summed E-state index contributed by atoms with van der Waals surface area (Å²) in [6, 6.07) is 7.70. The van der Waals surface area contributed by atoms with Gasteiger partial charge in [-0.05, 0) is 44.0 Å². The van der Waals surface area contributed by atoms with Gasteiger partial charge in [-0.2, -0.15) is 10.1 Å². The number of carbonyl (C=O) groups excluding carboxylic acids is 1. The van der Waals surface area contributed by atoms with Crippen molar-refractivity contribution in [2.24, 2.45) is 0 Å². The molecular formula is C18H24N6O3. The highest BCUT2D eigenvalue weighted by Crippen LogP contribution is 2.19. The highest BCUT2D eigenvalue weighted by molar-refractivity contribution is 5.67. The van der Waals surface area contributed by atoms with Gasteiger partial charge in [-0.15, -0.1) is 5.10 Å². The van der Waals surface area contributed by atoms with Crippen molar-refractivity contribution in [3.8, 4) is 5.75 Å². The van der Waals surface area contributed by atoms with Gasteiger partial charge in [-0.1, -0.05) is 0 Å². The lowest BCUT2D eigenvalue weighted by Gasteiger charge is -2.31. The summed E-state index contributed by atoms with van der Waals surface area (Å²) in [6.07, 6.45) is 3.00. The maximum absolute atomic E-state index is 11.8. The summed E-state index contributed by atoms with van der Waals surface area (Å²) in [5.41, 5.74) is 0.845. The Labute approximate surface area is 158 Å². The average molecular weight is 372 g/mol. The molecule has 9 nitrogen and oxygen atoms in total. The van der Waals surface area contributed by atoms with Crippen molar-refractivity contribution in [1.29, 1.82) is 0 Å². The van der Waals surface area contributed by atoms with Crippen LogP contribution >= 0.6 is 0 Å². The van der Waals surface area contributed by atoms with Crippen molar-refractivity contribution < 1.29 is 14.3 Å². The van der Waals surface area contributed by atoms with Crippen LogP contribution in [0.25, 0.3) is 0 Å². The number of rotatable bonds is 6. The molecule has 2 aromatic rings. The quantitative estimate of drug-likeness (QED) is 0.798. The fraction of sp³-hybridized carbons (Fsp3) is 0.444. The summed E-state index contributed by atoms with van der Waals surface area (Å²) in [5, 5.41) is 14.5. The Hall–Kier alpha value is -3.10. The van der Waals surface area contributed by atoms with Crippen molar-refractivity contribution >= 4 is 23.5 Å². The maximum Gasteiger partial charge on any atom is 0.409 e. The third-order valence-electron chi connectivity index (χ3n) is 4.28. The van der Waals surface area contributed by atoms with Crippen LogP contribution in [-0.4, -0.2) is 59.0 Å². The number of likely N-dealkylation sites (tertiary alicyclic amines) is 1. The number of hydrogen-bond donors (Lipinski definition) is 2. The molecule has 1 saturated heterocycles. The maximum atomic E-state index is 11.8. The van der Waals surface area contributed by atoms with Gasteiger partial charge in [0, 0.05) is 24.8 Å². The Bertz CT molecular complexity index is 747. The van der Waals surface area contributed by atoms with Crippen molar-refractivity contribution in [3.63, 3.8) is 0 Å². The molecule has 0 radical (unpaired) electrons. The first-order valence-electron chi connectivity index (χ1n) is 8.97. The summed E-state index contributed by atoms with van der Waals surface area (Å²) >= 11 is 0. The third kappa shape index (κ3) is 5.19. The van der Waals surface area contributed by atoms with Crippen LogP contribution in [0.1, 0.15) is 19.8 Å².